The Kier molecular flexibility index (Phi) is 6.78. The minimum atomic E-state index is -0.736. The highest BCUT2D eigenvalue weighted by Crippen LogP contribution is 2.24. The molecule has 24 heavy (non-hydrogen) atoms. The van der Waals surface area contributed by atoms with Gasteiger partial charge in [0.15, 0.2) is 0 Å². The van der Waals surface area contributed by atoms with Crippen LogP contribution in [0.15, 0.2) is 12.1 Å². The predicted molar refractivity (Wildman–Crippen MR) is 91.1 cm³/mol. The van der Waals surface area contributed by atoms with E-state index in [-0.39, 0.29) is 0 Å². The van der Waals surface area contributed by atoms with Crippen molar-refractivity contribution >= 4 is 12.1 Å². The molecule has 0 aliphatic rings. The molecule has 0 unspecified atom stereocenters. The summed E-state index contributed by atoms with van der Waals surface area (Å²) in [4.78, 5) is 23.4. The van der Waals surface area contributed by atoms with E-state index in [2.05, 4.69) is 4.74 Å². The lowest BCUT2D eigenvalue weighted by Gasteiger charge is -2.22. The molecule has 1 atom stereocenters. The van der Waals surface area contributed by atoms with Crippen LogP contribution in [0.4, 0.5) is 4.79 Å². The highest BCUT2D eigenvalue weighted by Gasteiger charge is 2.22. The number of hydrogen-bond acceptors (Lipinski definition) is 6. The molecule has 0 aromatic heterocycles. The van der Waals surface area contributed by atoms with Crippen molar-refractivity contribution in [1.29, 1.82) is 0 Å². The summed E-state index contributed by atoms with van der Waals surface area (Å²) in [6.45, 7) is 9.33. The standard InChI is InChI=1S/C18H27NO5/c1-7-18(4,5)24-17(21)23-13-8-11(2)14(12(3)9-13)10-15(19)16(20)22-6/h8-9,15H,7,10,19H2,1-6H3/t15-/m0/s1. The van der Waals surface area contributed by atoms with Gasteiger partial charge in [-0.25, -0.2) is 4.79 Å². The fourth-order valence-corrected chi connectivity index (χ4v) is 2.20. The van der Waals surface area contributed by atoms with Gasteiger partial charge in [0.2, 0.25) is 0 Å². The smallest absolute Gasteiger partial charge is 0.468 e. The normalized spacial score (nSPS) is 12.5. The van der Waals surface area contributed by atoms with E-state index in [4.69, 9.17) is 15.2 Å². The van der Waals surface area contributed by atoms with Crippen molar-refractivity contribution in [2.45, 2.75) is 59.1 Å². The Bertz CT molecular complexity index is 586. The Morgan fingerprint density at radius 3 is 2.21 bits per heavy atom. The van der Waals surface area contributed by atoms with Crippen LogP contribution >= 0.6 is 0 Å². The summed E-state index contributed by atoms with van der Waals surface area (Å²) in [6.07, 6.45) is 0.308. The van der Waals surface area contributed by atoms with Crippen LogP contribution in [0, 0.1) is 13.8 Å². The molecule has 1 rings (SSSR count). The van der Waals surface area contributed by atoms with E-state index in [1.54, 1.807) is 12.1 Å². The Morgan fingerprint density at radius 2 is 1.75 bits per heavy atom. The van der Waals surface area contributed by atoms with Crippen LogP contribution in [0.25, 0.3) is 0 Å². The molecule has 0 spiro atoms. The quantitative estimate of drug-likeness (QED) is 0.634. The van der Waals surface area contributed by atoms with E-state index >= 15 is 0 Å². The predicted octanol–water partition coefficient (Wildman–Crippen LogP) is 3.05. The maximum absolute atomic E-state index is 11.9. The lowest BCUT2D eigenvalue weighted by molar-refractivity contribution is -0.142. The van der Waals surface area contributed by atoms with Gasteiger partial charge in [-0.15, -0.1) is 0 Å². The number of carbonyl (C=O) groups excluding carboxylic acids is 2. The van der Waals surface area contributed by atoms with Gasteiger partial charge in [0.25, 0.3) is 0 Å². The first-order valence-electron chi connectivity index (χ1n) is 7.94. The zero-order chi connectivity index (χ0) is 18.5. The molecule has 6 heteroatoms. The molecule has 0 saturated carbocycles. The number of benzene rings is 1. The van der Waals surface area contributed by atoms with Gasteiger partial charge in [-0.05, 0) is 69.4 Å². The summed E-state index contributed by atoms with van der Waals surface area (Å²) in [5.41, 5.74) is 7.94. The van der Waals surface area contributed by atoms with E-state index in [1.165, 1.54) is 7.11 Å². The molecule has 0 fully saturated rings. The Balaban J connectivity index is 2.88. The molecule has 2 N–H and O–H groups in total. The molecule has 0 heterocycles. The molecule has 0 bridgehead atoms. The first-order valence-corrected chi connectivity index (χ1v) is 7.94. The van der Waals surface area contributed by atoms with Gasteiger partial charge in [0.1, 0.15) is 17.4 Å². The van der Waals surface area contributed by atoms with Crippen molar-refractivity contribution in [3.05, 3.63) is 28.8 Å². The molecule has 0 saturated heterocycles. The fraction of sp³-hybridized carbons (Fsp3) is 0.556. The van der Waals surface area contributed by atoms with Crippen molar-refractivity contribution in [3.63, 3.8) is 0 Å². The van der Waals surface area contributed by atoms with Crippen LogP contribution in [-0.4, -0.2) is 30.9 Å². The average molecular weight is 337 g/mol. The minimum absolute atomic E-state index is 0.359. The van der Waals surface area contributed by atoms with Crippen LogP contribution in [0.2, 0.25) is 0 Å². The maximum Gasteiger partial charge on any atom is 0.514 e. The molecule has 134 valence electrons. The number of aryl methyl sites for hydroxylation is 2. The topological polar surface area (TPSA) is 87.9 Å². The van der Waals surface area contributed by atoms with Gasteiger partial charge in [0, 0.05) is 0 Å². The molecule has 6 nitrogen and oxygen atoms in total. The van der Waals surface area contributed by atoms with Crippen molar-refractivity contribution in [2.24, 2.45) is 5.73 Å². The lowest BCUT2D eigenvalue weighted by atomic mass is 9.96. The third-order valence-electron chi connectivity index (χ3n) is 4.01. The van der Waals surface area contributed by atoms with Gasteiger partial charge >= 0.3 is 12.1 Å². The maximum atomic E-state index is 11.9. The molecule has 0 aliphatic heterocycles. The van der Waals surface area contributed by atoms with E-state index in [0.717, 1.165) is 16.7 Å². The molecular weight excluding hydrogens is 310 g/mol. The van der Waals surface area contributed by atoms with Crippen LogP contribution in [0.3, 0.4) is 0 Å². The van der Waals surface area contributed by atoms with Crippen LogP contribution in [0.1, 0.15) is 43.9 Å². The number of esters is 1. The monoisotopic (exact) mass is 337 g/mol. The van der Waals surface area contributed by atoms with Crippen molar-refractivity contribution in [3.8, 4) is 5.75 Å². The molecule has 0 radical (unpaired) electrons. The summed E-state index contributed by atoms with van der Waals surface area (Å²) in [5, 5.41) is 0. The highest BCUT2D eigenvalue weighted by atomic mass is 16.7. The number of nitrogens with two attached hydrogens (primary N) is 1. The fourth-order valence-electron chi connectivity index (χ4n) is 2.20. The lowest BCUT2D eigenvalue weighted by Crippen LogP contribution is -2.34. The average Bonchev–Trinajstić information content (AvgIpc) is 2.49. The second kappa shape index (κ2) is 8.15. The van der Waals surface area contributed by atoms with E-state index in [1.807, 2.05) is 34.6 Å². The number of carbonyl (C=O) groups is 2. The molecule has 0 aliphatic carbocycles. The van der Waals surface area contributed by atoms with Gasteiger partial charge in [0.05, 0.1) is 7.11 Å². The Labute approximate surface area is 143 Å². The Hall–Kier alpha value is -2.08. The Morgan fingerprint density at radius 1 is 1.21 bits per heavy atom. The minimum Gasteiger partial charge on any atom is -0.468 e. The van der Waals surface area contributed by atoms with Crippen LogP contribution in [0.5, 0.6) is 5.75 Å². The zero-order valence-electron chi connectivity index (χ0n) is 15.3. The largest absolute Gasteiger partial charge is 0.514 e. The molecule has 0 amide bonds. The molecule has 1 aromatic rings. The van der Waals surface area contributed by atoms with Gasteiger partial charge in [-0.1, -0.05) is 6.92 Å². The van der Waals surface area contributed by atoms with Gasteiger partial charge < -0.3 is 19.9 Å². The first-order chi connectivity index (χ1) is 11.1. The van der Waals surface area contributed by atoms with Crippen LogP contribution in [-0.2, 0) is 20.7 Å². The van der Waals surface area contributed by atoms with E-state index in [0.29, 0.717) is 18.6 Å². The van der Waals surface area contributed by atoms with Gasteiger partial charge in [-0.3, -0.25) is 4.79 Å². The number of methoxy groups -OCH3 is 1. The van der Waals surface area contributed by atoms with Crippen molar-refractivity contribution in [2.75, 3.05) is 7.11 Å². The van der Waals surface area contributed by atoms with Crippen molar-refractivity contribution in [1.82, 2.24) is 0 Å². The highest BCUT2D eigenvalue weighted by molar-refractivity contribution is 5.76. The SMILES string of the molecule is CCC(C)(C)OC(=O)Oc1cc(C)c(C[C@H](N)C(=O)OC)c(C)c1. The van der Waals surface area contributed by atoms with E-state index in [9.17, 15) is 9.59 Å². The number of rotatable bonds is 6. The molecule has 1 aromatic carbocycles. The second-order valence-electron chi connectivity index (χ2n) is 6.44. The third-order valence-corrected chi connectivity index (χ3v) is 4.01. The first kappa shape index (κ1) is 20.0. The zero-order valence-corrected chi connectivity index (χ0v) is 15.3. The summed E-state index contributed by atoms with van der Waals surface area (Å²) >= 11 is 0. The summed E-state index contributed by atoms with van der Waals surface area (Å²) in [6, 6.07) is 2.73. The van der Waals surface area contributed by atoms with Crippen molar-refractivity contribution < 1.29 is 23.8 Å². The number of hydrogen-bond donors (Lipinski definition) is 1. The molecular formula is C18H27NO5. The second-order valence-corrected chi connectivity index (χ2v) is 6.44. The number of ether oxygens (including phenoxy) is 3. The summed E-state index contributed by atoms with van der Waals surface area (Å²) in [7, 11) is 1.31. The van der Waals surface area contributed by atoms with E-state index < -0.39 is 23.8 Å². The summed E-state index contributed by atoms with van der Waals surface area (Å²) in [5.74, 6) is -0.0585. The summed E-state index contributed by atoms with van der Waals surface area (Å²) < 4.78 is 15.2. The van der Waals surface area contributed by atoms with Crippen LogP contribution < -0.4 is 10.5 Å². The third kappa shape index (κ3) is 5.53. The van der Waals surface area contributed by atoms with Gasteiger partial charge in [-0.2, -0.15) is 0 Å².